The molecular formula is C36H62. The second-order valence-electron chi connectivity index (χ2n) is 15.5. The maximum absolute atomic E-state index is 1.61. The Morgan fingerprint density at radius 3 is 0.444 bits per heavy atom. The largest absolute Gasteiger partial charge is 0.0533 e. The van der Waals surface area contributed by atoms with Gasteiger partial charge in [-0.05, 0) is 162 Å². The molecule has 0 unspecified atom stereocenters. The van der Waals surface area contributed by atoms with Crippen LogP contribution in [0.1, 0.15) is 167 Å². The highest BCUT2D eigenvalue weighted by atomic mass is 14.4. The van der Waals surface area contributed by atoms with E-state index in [1.165, 1.54) is 38.5 Å². The SMILES string of the molecule is C1CCC(C2CCC(C3CCC(C4CCC(C5CCC(C6CCCCC6)CC5)CC4)CC3)CC2)CC1. The van der Waals surface area contributed by atoms with Gasteiger partial charge in [0, 0.05) is 0 Å². The molecule has 0 radical (unpaired) electrons. The Labute approximate surface area is 225 Å². The molecular weight excluding hydrogens is 432 g/mol. The van der Waals surface area contributed by atoms with Gasteiger partial charge in [0.2, 0.25) is 0 Å². The Kier molecular flexibility index (Phi) is 9.40. The molecule has 6 rings (SSSR count). The first kappa shape index (κ1) is 26.2. The Balaban J connectivity index is 0.876. The van der Waals surface area contributed by atoms with Gasteiger partial charge in [0.1, 0.15) is 0 Å². The summed E-state index contributed by atoms with van der Waals surface area (Å²) in [6.07, 6.45) is 41.2. The van der Waals surface area contributed by atoms with E-state index in [2.05, 4.69) is 0 Å². The molecule has 6 aliphatic carbocycles. The first-order valence-corrected chi connectivity index (χ1v) is 17.8. The quantitative estimate of drug-likeness (QED) is 0.356. The molecule has 6 aliphatic rings. The lowest BCUT2D eigenvalue weighted by molar-refractivity contribution is 0.0732. The van der Waals surface area contributed by atoms with Crippen molar-refractivity contribution in [3.05, 3.63) is 0 Å². The standard InChI is InChI=1S/C36H62/c1-3-7-27(8-4-1)29-11-15-31(16-12-29)33-19-23-35(24-20-33)36-25-21-34(22-26-36)32-17-13-30(14-18-32)28-9-5-2-6-10-28/h27-36H,1-26H2. The first-order chi connectivity index (χ1) is 17.8. The minimum Gasteiger partial charge on any atom is -0.0533 e. The Morgan fingerprint density at radius 1 is 0.139 bits per heavy atom. The summed E-state index contributed by atoms with van der Waals surface area (Å²) in [5.41, 5.74) is 0. The third-order valence-electron chi connectivity index (χ3n) is 13.9. The summed E-state index contributed by atoms with van der Waals surface area (Å²) < 4.78 is 0. The van der Waals surface area contributed by atoms with Gasteiger partial charge in [-0.25, -0.2) is 0 Å². The van der Waals surface area contributed by atoms with Crippen molar-refractivity contribution in [1.82, 2.24) is 0 Å². The molecule has 0 aliphatic heterocycles. The monoisotopic (exact) mass is 494 g/mol. The smallest absolute Gasteiger partial charge is 0.0386 e. The fourth-order valence-corrected chi connectivity index (χ4v) is 11.6. The number of rotatable bonds is 5. The summed E-state index contributed by atoms with van der Waals surface area (Å²) in [5.74, 6) is 11.2. The van der Waals surface area contributed by atoms with E-state index in [1.807, 2.05) is 0 Å². The van der Waals surface area contributed by atoms with Gasteiger partial charge in [-0.1, -0.05) is 64.2 Å². The fraction of sp³-hybridized carbons (Fsp3) is 1.00. The molecule has 0 amide bonds. The Hall–Kier alpha value is 0. The highest BCUT2D eigenvalue weighted by Crippen LogP contribution is 2.50. The summed E-state index contributed by atoms with van der Waals surface area (Å²) in [5, 5.41) is 0. The molecule has 0 bridgehead atoms. The molecule has 0 aromatic heterocycles. The summed E-state index contributed by atoms with van der Waals surface area (Å²) >= 11 is 0. The van der Waals surface area contributed by atoms with Crippen LogP contribution in [-0.2, 0) is 0 Å². The molecule has 0 atom stereocenters. The van der Waals surface area contributed by atoms with Crippen LogP contribution in [0.4, 0.5) is 0 Å². The molecule has 0 heterocycles. The van der Waals surface area contributed by atoms with Crippen LogP contribution >= 0.6 is 0 Å². The molecule has 0 saturated heterocycles. The maximum Gasteiger partial charge on any atom is -0.0386 e. The molecule has 0 nitrogen and oxygen atoms in total. The van der Waals surface area contributed by atoms with E-state index in [9.17, 15) is 0 Å². The van der Waals surface area contributed by atoms with Crippen LogP contribution in [0.5, 0.6) is 0 Å². The van der Waals surface area contributed by atoms with Gasteiger partial charge in [-0.2, -0.15) is 0 Å². The van der Waals surface area contributed by atoms with Crippen LogP contribution in [0.2, 0.25) is 0 Å². The molecule has 6 fully saturated rings. The van der Waals surface area contributed by atoms with Gasteiger partial charge in [-0.3, -0.25) is 0 Å². The minimum atomic E-state index is 1.11. The van der Waals surface area contributed by atoms with Crippen molar-refractivity contribution in [1.29, 1.82) is 0 Å². The average molecular weight is 495 g/mol. The average Bonchev–Trinajstić information content (AvgIpc) is 2.98. The molecule has 36 heavy (non-hydrogen) atoms. The summed E-state index contributed by atoms with van der Waals surface area (Å²) in [6.45, 7) is 0. The number of hydrogen-bond acceptors (Lipinski definition) is 0. The molecule has 0 heteroatoms. The van der Waals surface area contributed by atoms with Crippen LogP contribution in [0.25, 0.3) is 0 Å². The van der Waals surface area contributed by atoms with E-state index >= 15 is 0 Å². The third-order valence-corrected chi connectivity index (χ3v) is 13.9. The second kappa shape index (κ2) is 12.9. The first-order valence-electron chi connectivity index (χ1n) is 17.8. The van der Waals surface area contributed by atoms with Crippen LogP contribution in [0.15, 0.2) is 0 Å². The normalized spacial score (nSPS) is 44.3. The lowest BCUT2D eigenvalue weighted by Crippen LogP contribution is -2.32. The van der Waals surface area contributed by atoms with Crippen molar-refractivity contribution in [2.24, 2.45) is 59.2 Å². The topological polar surface area (TPSA) is 0 Å². The minimum absolute atomic E-state index is 1.11. The second-order valence-corrected chi connectivity index (χ2v) is 15.5. The van der Waals surface area contributed by atoms with E-state index < -0.39 is 0 Å². The van der Waals surface area contributed by atoms with Gasteiger partial charge in [0.25, 0.3) is 0 Å². The third kappa shape index (κ3) is 6.41. The lowest BCUT2D eigenvalue weighted by atomic mass is 9.62. The van der Waals surface area contributed by atoms with Crippen LogP contribution in [0.3, 0.4) is 0 Å². The highest BCUT2D eigenvalue weighted by molar-refractivity contribution is 4.89. The molecule has 0 aromatic carbocycles. The zero-order valence-corrected chi connectivity index (χ0v) is 24.2. The van der Waals surface area contributed by atoms with Gasteiger partial charge in [0.05, 0.1) is 0 Å². The lowest BCUT2D eigenvalue weighted by Gasteiger charge is -2.44. The van der Waals surface area contributed by atoms with Crippen molar-refractivity contribution in [3.63, 3.8) is 0 Å². The van der Waals surface area contributed by atoms with Crippen molar-refractivity contribution in [3.8, 4) is 0 Å². The van der Waals surface area contributed by atoms with Gasteiger partial charge in [-0.15, -0.1) is 0 Å². The van der Waals surface area contributed by atoms with E-state index in [1.54, 1.807) is 128 Å². The van der Waals surface area contributed by atoms with Gasteiger partial charge < -0.3 is 0 Å². The maximum atomic E-state index is 1.61. The summed E-state index contributed by atoms with van der Waals surface area (Å²) in [4.78, 5) is 0. The van der Waals surface area contributed by atoms with Crippen LogP contribution < -0.4 is 0 Å². The van der Waals surface area contributed by atoms with Gasteiger partial charge in [0.15, 0.2) is 0 Å². The molecule has 0 N–H and O–H groups in total. The fourth-order valence-electron chi connectivity index (χ4n) is 11.6. The molecule has 0 spiro atoms. The van der Waals surface area contributed by atoms with Crippen LogP contribution in [-0.4, -0.2) is 0 Å². The predicted molar refractivity (Wildman–Crippen MR) is 155 cm³/mol. The van der Waals surface area contributed by atoms with Crippen molar-refractivity contribution in [2.75, 3.05) is 0 Å². The van der Waals surface area contributed by atoms with Crippen LogP contribution in [0, 0.1) is 59.2 Å². The highest BCUT2D eigenvalue weighted by Gasteiger charge is 2.38. The van der Waals surface area contributed by atoms with Crippen molar-refractivity contribution < 1.29 is 0 Å². The Morgan fingerprint density at radius 2 is 0.278 bits per heavy atom. The zero-order valence-electron chi connectivity index (χ0n) is 24.2. The van der Waals surface area contributed by atoms with Crippen molar-refractivity contribution >= 4 is 0 Å². The molecule has 0 aromatic rings. The summed E-state index contributed by atoms with van der Waals surface area (Å²) in [7, 11) is 0. The number of hydrogen-bond donors (Lipinski definition) is 0. The zero-order chi connectivity index (χ0) is 24.2. The van der Waals surface area contributed by atoms with E-state index in [-0.39, 0.29) is 0 Å². The van der Waals surface area contributed by atoms with E-state index in [0.29, 0.717) is 0 Å². The predicted octanol–water partition coefficient (Wildman–Crippen LogP) is 11.4. The van der Waals surface area contributed by atoms with Crippen molar-refractivity contribution in [2.45, 2.75) is 167 Å². The van der Waals surface area contributed by atoms with E-state index in [4.69, 9.17) is 0 Å². The van der Waals surface area contributed by atoms with E-state index in [0.717, 1.165) is 59.2 Å². The Bertz CT molecular complexity index is 550. The van der Waals surface area contributed by atoms with Gasteiger partial charge >= 0.3 is 0 Å². The molecule has 6 saturated carbocycles. The summed E-state index contributed by atoms with van der Waals surface area (Å²) in [6, 6.07) is 0. The molecule has 206 valence electrons.